The van der Waals surface area contributed by atoms with Crippen LogP contribution in [0.25, 0.3) is 0 Å². The van der Waals surface area contributed by atoms with Gasteiger partial charge in [-0.2, -0.15) is 0 Å². The quantitative estimate of drug-likeness (QED) is 0.233. The Morgan fingerprint density at radius 1 is 0.897 bits per heavy atom. The van der Waals surface area contributed by atoms with Crippen LogP contribution in [0.4, 0.5) is 0 Å². The van der Waals surface area contributed by atoms with E-state index in [2.05, 4.69) is 0 Å². The molecule has 6 nitrogen and oxygen atoms in total. The zero-order chi connectivity index (χ0) is 20.9. The molecular weight excluding hydrogens is 370 g/mol. The summed E-state index contributed by atoms with van der Waals surface area (Å²) >= 11 is 0. The molecule has 2 aromatic rings. The molecule has 1 aromatic heterocycles. The fourth-order valence-electron chi connectivity index (χ4n) is 2.85. The summed E-state index contributed by atoms with van der Waals surface area (Å²) < 4.78 is 17.9. The molecule has 0 aliphatic heterocycles. The van der Waals surface area contributed by atoms with Gasteiger partial charge in [0.25, 0.3) is 0 Å². The molecule has 0 aliphatic carbocycles. The Bertz CT molecular complexity index is 790. The van der Waals surface area contributed by atoms with Crippen LogP contribution in [0.15, 0.2) is 48.8 Å². The third-order valence-corrected chi connectivity index (χ3v) is 4.28. The number of rotatable bonds is 12. The molecule has 0 saturated heterocycles. The summed E-state index contributed by atoms with van der Waals surface area (Å²) in [4.78, 5) is 22.9. The second-order valence-corrected chi connectivity index (χ2v) is 6.93. The molecule has 1 aromatic carbocycles. The number of carbonyl (C=O) groups excluding carboxylic acids is 2. The Morgan fingerprint density at radius 2 is 1.59 bits per heavy atom. The largest absolute Gasteiger partial charge is 0.493 e. The molecule has 29 heavy (non-hydrogen) atoms. The van der Waals surface area contributed by atoms with E-state index in [9.17, 15) is 9.59 Å². The first-order chi connectivity index (χ1) is 14.0. The summed E-state index contributed by atoms with van der Waals surface area (Å²) in [7, 11) is 1.88. The van der Waals surface area contributed by atoms with Crippen molar-refractivity contribution in [1.29, 1.82) is 0 Å². The zero-order valence-corrected chi connectivity index (χ0v) is 17.3. The van der Waals surface area contributed by atoms with E-state index in [-0.39, 0.29) is 11.9 Å². The van der Waals surface area contributed by atoms with Gasteiger partial charge in [0.15, 0.2) is 12.4 Å². The third kappa shape index (κ3) is 9.23. The number of esters is 2. The smallest absolute Gasteiger partial charge is 0.344 e. The highest BCUT2D eigenvalue weighted by molar-refractivity contribution is 5.88. The van der Waals surface area contributed by atoms with Crippen molar-refractivity contribution in [2.45, 2.75) is 45.4 Å². The van der Waals surface area contributed by atoms with E-state index in [0.717, 1.165) is 38.5 Å². The van der Waals surface area contributed by atoms with E-state index in [4.69, 9.17) is 14.2 Å². The molecule has 0 unspecified atom stereocenters. The molecule has 0 atom stereocenters. The van der Waals surface area contributed by atoms with Crippen LogP contribution in [-0.2, 0) is 16.6 Å². The number of nitrogens with zero attached hydrogens (tertiary/aromatic N) is 1. The number of aryl methyl sites for hydroxylation is 1. The summed E-state index contributed by atoms with van der Waals surface area (Å²) in [6, 6.07) is 10.7. The first-order valence-corrected chi connectivity index (χ1v) is 10.1. The van der Waals surface area contributed by atoms with Crippen LogP contribution in [0.5, 0.6) is 11.5 Å². The second kappa shape index (κ2) is 12.5. The van der Waals surface area contributed by atoms with Crippen molar-refractivity contribution in [3.05, 3.63) is 54.4 Å². The summed E-state index contributed by atoms with van der Waals surface area (Å²) in [6.45, 7) is 2.47. The molecule has 0 fully saturated rings. The Labute approximate surface area is 172 Å². The fourth-order valence-corrected chi connectivity index (χ4v) is 2.85. The van der Waals surface area contributed by atoms with Crippen LogP contribution in [0.1, 0.15) is 55.8 Å². The number of pyridine rings is 1. The Morgan fingerprint density at radius 3 is 2.31 bits per heavy atom. The monoisotopic (exact) mass is 400 g/mol. The highest BCUT2D eigenvalue weighted by Gasteiger charge is 2.09. The molecule has 156 valence electrons. The minimum Gasteiger partial charge on any atom is -0.493 e. The summed E-state index contributed by atoms with van der Waals surface area (Å²) in [6.07, 6.45) is 9.85. The van der Waals surface area contributed by atoms with Gasteiger partial charge < -0.3 is 14.2 Å². The number of hydrogen-bond donors (Lipinski definition) is 0. The van der Waals surface area contributed by atoms with Crippen molar-refractivity contribution in [2.24, 2.45) is 7.05 Å². The van der Waals surface area contributed by atoms with E-state index in [0.29, 0.717) is 30.3 Å². The Balaban J connectivity index is 1.47. The molecule has 6 heteroatoms. The Hall–Kier alpha value is -2.89. The van der Waals surface area contributed by atoms with Gasteiger partial charge in [-0.25, -0.2) is 9.36 Å². The lowest BCUT2D eigenvalue weighted by atomic mass is 10.1. The normalized spacial score (nSPS) is 10.4. The standard InChI is InChI=1S/C23H30NO5/c1-19(25)29-22-13-9-12-21(17-22)27-15-7-5-3-4-6-8-16-28-23(26)20-11-10-14-24(2)18-20/h9-14,17-18H,3-8,15-16H2,1-2H3/q+1. The summed E-state index contributed by atoms with van der Waals surface area (Å²) in [5.41, 5.74) is 0.577. The van der Waals surface area contributed by atoms with E-state index in [1.54, 1.807) is 30.5 Å². The fraction of sp³-hybridized carbons (Fsp3) is 0.435. The lowest BCUT2D eigenvalue weighted by molar-refractivity contribution is -0.671. The van der Waals surface area contributed by atoms with E-state index in [1.165, 1.54) is 6.92 Å². The van der Waals surface area contributed by atoms with Crippen LogP contribution >= 0.6 is 0 Å². The van der Waals surface area contributed by atoms with Crippen LogP contribution in [0.2, 0.25) is 0 Å². The molecule has 0 N–H and O–H groups in total. The average Bonchev–Trinajstić information content (AvgIpc) is 2.69. The van der Waals surface area contributed by atoms with Crippen molar-refractivity contribution in [2.75, 3.05) is 13.2 Å². The summed E-state index contributed by atoms with van der Waals surface area (Å²) in [5.74, 6) is 0.594. The SMILES string of the molecule is CC(=O)Oc1cccc(OCCCCCCCCOC(=O)c2ccc[n+](C)c2)c1. The van der Waals surface area contributed by atoms with Gasteiger partial charge in [0.2, 0.25) is 0 Å². The van der Waals surface area contributed by atoms with Crippen LogP contribution < -0.4 is 14.0 Å². The topological polar surface area (TPSA) is 65.7 Å². The lowest BCUT2D eigenvalue weighted by Crippen LogP contribution is -2.28. The number of unbranched alkanes of at least 4 members (excludes halogenated alkanes) is 5. The minimum absolute atomic E-state index is 0.267. The predicted molar refractivity (Wildman–Crippen MR) is 109 cm³/mol. The van der Waals surface area contributed by atoms with Crippen molar-refractivity contribution in [3.63, 3.8) is 0 Å². The van der Waals surface area contributed by atoms with E-state index < -0.39 is 0 Å². The van der Waals surface area contributed by atoms with Gasteiger partial charge in [0, 0.05) is 19.1 Å². The van der Waals surface area contributed by atoms with Crippen LogP contribution in [0.3, 0.4) is 0 Å². The average molecular weight is 400 g/mol. The first-order valence-electron chi connectivity index (χ1n) is 10.1. The van der Waals surface area contributed by atoms with Crippen molar-refractivity contribution < 1.29 is 28.4 Å². The predicted octanol–water partition coefficient (Wildman–Crippen LogP) is 4.01. The second-order valence-electron chi connectivity index (χ2n) is 6.93. The zero-order valence-electron chi connectivity index (χ0n) is 17.3. The molecule has 0 radical (unpaired) electrons. The van der Waals surface area contributed by atoms with Gasteiger partial charge in [-0.3, -0.25) is 4.79 Å². The number of aromatic nitrogens is 1. The van der Waals surface area contributed by atoms with Crippen LogP contribution in [-0.4, -0.2) is 25.2 Å². The first kappa shape index (κ1) is 22.4. The molecule has 2 rings (SSSR count). The van der Waals surface area contributed by atoms with Crippen molar-refractivity contribution in [1.82, 2.24) is 0 Å². The maximum Gasteiger partial charge on any atom is 0.344 e. The Kier molecular flexibility index (Phi) is 9.69. The van der Waals surface area contributed by atoms with Gasteiger partial charge in [0.1, 0.15) is 24.1 Å². The molecule has 0 amide bonds. The van der Waals surface area contributed by atoms with Gasteiger partial charge in [0.05, 0.1) is 13.2 Å². The van der Waals surface area contributed by atoms with Gasteiger partial charge >= 0.3 is 11.9 Å². The van der Waals surface area contributed by atoms with Gasteiger partial charge in [-0.1, -0.05) is 31.7 Å². The highest BCUT2D eigenvalue weighted by atomic mass is 16.5. The molecule has 1 heterocycles. The molecule has 0 aliphatic rings. The van der Waals surface area contributed by atoms with Gasteiger partial charge in [-0.05, 0) is 31.0 Å². The maximum atomic E-state index is 11.9. The highest BCUT2D eigenvalue weighted by Crippen LogP contribution is 2.20. The number of hydrogen-bond acceptors (Lipinski definition) is 5. The lowest BCUT2D eigenvalue weighted by Gasteiger charge is -2.08. The van der Waals surface area contributed by atoms with Crippen molar-refractivity contribution >= 4 is 11.9 Å². The van der Waals surface area contributed by atoms with E-state index in [1.807, 2.05) is 29.9 Å². The van der Waals surface area contributed by atoms with Crippen LogP contribution in [0, 0.1) is 0 Å². The molecule has 0 bridgehead atoms. The summed E-state index contributed by atoms with van der Waals surface area (Å²) in [5, 5.41) is 0. The molecular formula is C23H30NO5+. The van der Waals surface area contributed by atoms with Gasteiger partial charge in [-0.15, -0.1) is 0 Å². The molecule has 0 spiro atoms. The number of benzene rings is 1. The number of carbonyl (C=O) groups is 2. The molecule has 0 saturated carbocycles. The van der Waals surface area contributed by atoms with E-state index >= 15 is 0 Å². The number of ether oxygens (including phenoxy) is 3. The third-order valence-electron chi connectivity index (χ3n) is 4.28. The minimum atomic E-state index is -0.342. The van der Waals surface area contributed by atoms with Crippen molar-refractivity contribution in [3.8, 4) is 11.5 Å². The maximum absolute atomic E-state index is 11.9.